The molecule has 29 heavy (non-hydrogen) atoms. The predicted octanol–water partition coefficient (Wildman–Crippen LogP) is 2.97. The summed E-state index contributed by atoms with van der Waals surface area (Å²) in [6.07, 6.45) is 5.10. The van der Waals surface area contributed by atoms with Gasteiger partial charge in [-0.3, -0.25) is 9.78 Å². The fourth-order valence-electron chi connectivity index (χ4n) is 3.16. The third-order valence-electron chi connectivity index (χ3n) is 4.73. The van der Waals surface area contributed by atoms with Gasteiger partial charge in [0.15, 0.2) is 5.65 Å². The van der Waals surface area contributed by atoms with Crippen LogP contribution in [0.4, 0.5) is 0 Å². The molecule has 4 aromatic rings. The van der Waals surface area contributed by atoms with Crippen LogP contribution in [-0.2, 0) is 6.54 Å². The molecule has 0 aliphatic heterocycles. The Labute approximate surface area is 173 Å². The third kappa shape index (κ3) is 4.33. The minimum Gasteiger partial charge on any atom is -0.350 e. The smallest absolute Gasteiger partial charge is 0.252 e. The van der Waals surface area contributed by atoms with Gasteiger partial charge < -0.3 is 14.8 Å². The molecule has 4 heterocycles. The number of amides is 1. The zero-order valence-electron chi connectivity index (χ0n) is 16.3. The van der Waals surface area contributed by atoms with Crippen molar-refractivity contribution in [3.05, 3.63) is 76.6 Å². The first kappa shape index (κ1) is 19.2. The molecular weight excluding hydrogens is 384 g/mol. The van der Waals surface area contributed by atoms with Gasteiger partial charge in [0.25, 0.3) is 5.91 Å². The lowest BCUT2D eigenvalue weighted by Crippen LogP contribution is -2.34. The molecule has 1 N–H and O–H groups in total. The first-order valence-corrected chi connectivity index (χ1v) is 10.2. The number of aromatic nitrogens is 4. The molecule has 0 aliphatic rings. The van der Waals surface area contributed by atoms with Gasteiger partial charge in [-0.05, 0) is 43.7 Å². The number of fused-ring (bicyclic) bond motifs is 1. The molecule has 4 rings (SSSR count). The van der Waals surface area contributed by atoms with Crippen molar-refractivity contribution < 1.29 is 4.79 Å². The van der Waals surface area contributed by atoms with Crippen LogP contribution in [0.5, 0.6) is 0 Å². The van der Waals surface area contributed by atoms with Crippen LogP contribution in [0.3, 0.4) is 0 Å². The van der Waals surface area contributed by atoms with Gasteiger partial charge in [0.05, 0.1) is 30.2 Å². The Morgan fingerprint density at radius 3 is 2.83 bits per heavy atom. The summed E-state index contributed by atoms with van der Waals surface area (Å²) in [4.78, 5) is 29.2. The van der Waals surface area contributed by atoms with E-state index in [1.54, 1.807) is 36.1 Å². The number of likely N-dealkylation sites (N-methyl/N-ethyl adjacent to an activating group) is 1. The SMILES string of the molecule is CN(C)C(CNC(=O)c1cnc2c(c1)ncn2Cc1ccccn1)c1cccs1. The number of hydrogen-bond acceptors (Lipinski definition) is 6. The van der Waals surface area contributed by atoms with E-state index < -0.39 is 0 Å². The van der Waals surface area contributed by atoms with Crippen LogP contribution in [0.2, 0.25) is 0 Å². The average molecular weight is 407 g/mol. The highest BCUT2D eigenvalue weighted by Crippen LogP contribution is 2.22. The summed E-state index contributed by atoms with van der Waals surface area (Å²) in [7, 11) is 4.02. The molecule has 0 aliphatic carbocycles. The molecule has 1 amide bonds. The summed E-state index contributed by atoms with van der Waals surface area (Å²) in [5.74, 6) is -0.151. The van der Waals surface area contributed by atoms with E-state index in [0.717, 1.165) is 11.3 Å². The maximum atomic E-state index is 12.7. The molecule has 148 valence electrons. The third-order valence-corrected chi connectivity index (χ3v) is 5.70. The van der Waals surface area contributed by atoms with E-state index in [4.69, 9.17) is 0 Å². The zero-order valence-corrected chi connectivity index (χ0v) is 17.1. The first-order valence-electron chi connectivity index (χ1n) is 9.30. The number of imidazole rings is 1. The Morgan fingerprint density at radius 2 is 2.10 bits per heavy atom. The molecular formula is C21H22N6OS. The molecule has 0 bridgehead atoms. The molecule has 1 atom stereocenters. The number of pyridine rings is 2. The van der Waals surface area contributed by atoms with Crippen LogP contribution in [0.1, 0.15) is 27.0 Å². The molecule has 7 nitrogen and oxygen atoms in total. The van der Waals surface area contributed by atoms with Gasteiger partial charge in [-0.25, -0.2) is 9.97 Å². The second kappa shape index (κ2) is 8.50. The van der Waals surface area contributed by atoms with Crippen molar-refractivity contribution in [1.29, 1.82) is 0 Å². The highest BCUT2D eigenvalue weighted by Gasteiger charge is 2.17. The van der Waals surface area contributed by atoms with Crippen molar-refractivity contribution in [2.45, 2.75) is 12.6 Å². The van der Waals surface area contributed by atoms with Crippen LogP contribution in [-0.4, -0.2) is 51.0 Å². The number of rotatable bonds is 7. The summed E-state index contributed by atoms with van der Waals surface area (Å²) in [6, 6.07) is 11.8. The van der Waals surface area contributed by atoms with Crippen LogP contribution >= 0.6 is 11.3 Å². The van der Waals surface area contributed by atoms with E-state index in [-0.39, 0.29) is 11.9 Å². The van der Waals surface area contributed by atoms with Crippen LogP contribution in [0.15, 0.2) is 60.5 Å². The first-order chi connectivity index (χ1) is 14.1. The van der Waals surface area contributed by atoms with Crippen molar-refractivity contribution >= 4 is 28.4 Å². The van der Waals surface area contributed by atoms with E-state index in [0.29, 0.717) is 24.2 Å². The molecule has 0 spiro atoms. The minimum absolute atomic E-state index is 0.133. The van der Waals surface area contributed by atoms with E-state index in [1.807, 2.05) is 48.3 Å². The topological polar surface area (TPSA) is 75.9 Å². The molecule has 0 saturated heterocycles. The molecule has 0 radical (unpaired) electrons. The predicted molar refractivity (Wildman–Crippen MR) is 114 cm³/mol. The monoisotopic (exact) mass is 406 g/mol. The van der Waals surface area contributed by atoms with Crippen molar-refractivity contribution in [3.63, 3.8) is 0 Å². The summed E-state index contributed by atoms with van der Waals surface area (Å²) in [5.41, 5.74) is 2.86. The number of carbonyl (C=O) groups excluding carboxylic acids is 1. The maximum absolute atomic E-state index is 12.7. The second-order valence-electron chi connectivity index (χ2n) is 6.97. The number of hydrogen-bond donors (Lipinski definition) is 1. The standard InChI is InChI=1S/C21H22N6OS/c1-26(2)18(19-7-5-9-29-19)12-24-21(28)15-10-17-20(23-11-15)27(14-25-17)13-16-6-3-4-8-22-16/h3-11,14,18H,12-13H2,1-2H3,(H,24,28). The Balaban J connectivity index is 1.47. The van der Waals surface area contributed by atoms with E-state index in [1.165, 1.54) is 4.88 Å². The fourth-order valence-corrected chi connectivity index (χ4v) is 4.09. The Kier molecular flexibility index (Phi) is 5.64. The van der Waals surface area contributed by atoms with Crippen molar-refractivity contribution in [1.82, 2.24) is 29.7 Å². The highest BCUT2D eigenvalue weighted by molar-refractivity contribution is 7.10. The summed E-state index contributed by atoms with van der Waals surface area (Å²) in [5, 5.41) is 5.07. The Bertz CT molecular complexity index is 1090. The molecule has 8 heteroatoms. The molecule has 0 saturated carbocycles. The van der Waals surface area contributed by atoms with Crippen molar-refractivity contribution in [2.24, 2.45) is 0 Å². The number of thiophene rings is 1. The molecule has 0 fully saturated rings. The Hall–Kier alpha value is -3.10. The number of carbonyl (C=O) groups is 1. The lowest BCUT2D eigenvalue weighted by molar-refractivity contribution is 0.0942. The zero-order chi connectivity index (χ0) is 20.2. The molecule has 1 unspecified atom stereocenters. The van der Waals surface area contributed by atoms with Crippen LogP contribution in [0.25, 0.3) is 11.2 Å². The molecule has 4 aromatic heterocycles. The number of nitrogens with zero attached hydrogens (tertiary/aromatic N) is 5. The second-order valence-corrected chi connectivity index (χ2v) is 7.94. The van der Waals surface area contributed by atoms with Crippen molar-refractivity contribution in [2.75, 3.05) is 20.6 Å². The largest absolute Gasteiger partial charge is 0.350 e. The quantitative estimate of drug-likeness (QED) is 0.511. The van der Waals surface area contributed by atoms with Gasteiger partial charge in [0, 0.05) is 23.8 Å². The Morgan fingerprint density at radius 1 is 1.21 bits per heavy atom. The van der Waals surface area contributed by atoms with Gasteiger partial charge in [-0.1, -0.05) is 12.1 Å². The van der Waals surface area contributed by atoms with E-state index in [2.05, 4.69) is 31.2 Å². The fraction of sp³-hybridized carbons (Fsp3) is 0.238. The normalized spacial score (nSPS) is 12.4. The van der Waals surface area contributed by atoms with Gasteiger partial charge in [-0.15, -0.1) is 11.3 Å². The number of nitrogens with one attached hydrogen (secondary N) is 1. The lowest BCUT2D eigenvalue weighted by atomic mass is 10.2. The van der Waals surface area contributed by atoms with Gasteiger partial charge >= 0.3 is 0 Å². The lowest BCUT2D eigenvalue weighted by Gasteiger charge is -2.23. The summed E-state index contributed by atoms with van der Waals surface area (Å²) >= 11 is 1.69. The summed E-state index contributed by atoms with van der Waals surface area (Å²) < 4.78 is 1.93. The van der Waals surface area contributed by atoms with E-state index >= 15 is 0 Å². The van der Waals surface area contributed by atoms with Crippen LogP contribution in [0, 0.1) is 0 Å². The minimum atomic E-state index is -0.151. The highest BCUT2D eigenvalue weighted by atomic mass is 32.1. The molecule has 0 aromatic carbocycles. The van der Waals surface area contributed by atoms with E-state index in [9.17, 15) is 4.79 Å². The van der Waals surface area contributed by atoms with Crippen molar-refractivity contribution in [3.8, 4) is 0 Å². The van der Waals surface area contributed by atoms with Gasteiger partial charge in [0.1, 0.15) is 5.52 Å². The summed E-state index contributed by atoms with van der Waals surface area (Å²) in [6.45, 7) is 1.11. The van der Waals surface area contributed by atoms with Gasteiger partial charge in [0.2, 0.25) is 0 Å². The van der Waals surface area contributed by atoms with Crippen LogP contribution < -0.4 is 5.32 Å². The maximum Gasteiger partial charge on any atom is 0.252 e. The average Bonchev–Trinajstić information content (AvgIpc) is 3.39. The van der Waals surface area contributed by atoms with Gasteiger partial charge in [-0.2, -0.15) is 0 Å².